The molecule has 1 heterocycles. The molecule has 0 radical (unpaired) electrons. The molecule has 0 spiro atoms. The van der Waals surface area contributed by atoms with Crippen molar-refractivity contribution in [2.24, 2.45) is 7.05 Å². The number of rotatable bonds is 5. The van der Waals surface area contributed by atoms with Crippen LogP contribution in [0.5, 0.6) is 0 Å². The summed E-state index contributed by atoms with van der Waals surface area (Å²) in [4.78, 5) is 1.28. The van der Waals surface area contributed by atoms with Crippen LogP contribution in [0.25, 0.3) is 0 Å². The van der Waals surface area contributed by atoms with Crippen LogP contribution in [-0.4, -0.2) is 16.8 Å². The number of hydrogen-bond donors (Lipinski definition) is 1. The van der Waals surface area contributed by atoms with Gasteiger partial charge in [-0.05, 0) is 47.6 Å². The summed E-state index contributed by atoms with van der Waals surface area (Å²) < 4.78 is 3.07. The van der Waals surface area contributed by atoms with Crippen LogP contribution in [0.15, 0.2) is 33.6 Å². The number of aromatic nitrogens is 2. The largest absolute Gasteiger partial charge is 0.316 e. The Balaban J connectivity index is 2.02. The van der Waals surface area contributed by atoms with Crippen LogP contribution >= 0.6 is 27.7 Å². The van der Waals surface area contributed by atoms with E-state index in [4.69, 9.17) is 0 Å². The first-order chi connectivity index (χ1) is 9.11. The lowest BCUT2D eigenvalue weighted by Gasteiger charge is -2.05. The molecule has 2 rings (SSSR count). The highest BCUT2D eigenvalue weighted by Gasteiger charge is 2.10. The molecular weight excluding hydrogens is 322 g/mol. The highest BCUT2D eigenvalue weighted by molar-refractivity contribution is 9.10. The molecule has 1 N–H and O–H groups in total. The van der Waals surface area contributed by atoms with Gasteiger partial charge in [0.05, 0.1) is 15.9 Å². The van der Waals surface area contributed by atoms with Crippen LogP contribution in [0.2, 0.25) is 0 Å². The van der Waals surface area contributed by atoms with E-state index < -0.39 is 0 Å². The first-order valence-electron chi connectivity index (χ1n) is 6.16. The summed E-state index contributed by atoms with van der Waals surface area (Å²) >= 11 is 5.43. The molecule has 0 unspecified atom stereocenters. The minimum absolute atomic E-state index is 0.914. The second kappa shape index (κ2) is 6.59. The second-order valence-electron chi connectivity index (χ2n) is 4.43. The predicted octanol–water partition coefficient (Wildman–Crippen LogP) is 3.50. The van der Waals surface area contributed by atoms with Gasteiger partial charge < -0.3 is 5.32 Å². The molecule has 0 saturated carbocycles. The zero-order valence-corrected chi connectivity index (χ0v) is 13.8. The molecule has 1 aromatic carbocycles. The molecule has 0 aliphatic carbocycles. The predicted molar refractivity (Wildman–Crippen MR) is 84.4 cm³/mol. The van der Waals surface area contributed by atoms with Gasteiger partial charge in [0.2, 0.25) is 0 Å². The Kier molecular flexibility index (Phi) is 5.07. The summed E-state index contributed by atoms with van der Waals surface area (Å²) in [7, 11) is 3.95. The molecule has 5 heteroatoms. The van der Waals surface area contributed by atoms with Gasteiger partial charge in [0.15, 0.2) is 0 Å². The number of benzene rings is 1. The van der Waals surface area contributed by atoms with Crippen molar-refractivity contribution in [3.63, 3.8) is 0 Å². The van der Waals surface area contributed by atoms with Gasteiger partial charge in [-0.3, -0.25) is 4.68 Å². The van der Waals surface area contributed by atoms with Crippen molar-refractivity contribution in [2.45, 2.75) is 24.1 Å². The maximum Gasteiger partial charge on any atom is 0.0738 e. The highest BCUT2D eigenvalue weighted by Crippen LogP contribution is 2.28. The lowest BCUT2D eigenvalue weighted by atomic mass is 10.2. The van der Waals surface area contributed by atoms with Crippen molar-refractivity contribution in [3.8, 4) is 0 Å². The minimum atomic E-state index is 0.914. The Morgan fingerprint density at radius 2 is 2.00 bits per heavy atom. The fraction of sp³-hybridized carbons (Fsp3) is 0.357. The molecule has 2 aromatic rings. The number of nitrogens with one attached hydrogen (secondary N) is 1. The van der Waals surface area contributed by atoms with E-state index in [0.717, 1.165) is 22.5 Å². The van der Waals surface area contributed by atoms with Crippen LogP contribution in [0.1, 0.15) is 17.0 Å². The number of aryl methyl sites for hydroxylation is 2. The third-order valence-corrected chi connectivity index (χ3v) is 5.00. The standard InChI is InChI=1S/C14H18BrN3S/c1-10-14(15)13(18(3)17-10)9-19-12-6-4-11(5-7-12)8-16-2/h4-7,16H,8-9H2,1-3H3. The van der Waals surface area contributed by atoms with Gasteiger partial charge in [0.25, 0.3) is 0 Å². The summed E-state index contributed by atoms with van der Waals surface area (Å²) in [6.45, 7) is 2.93. The molecule has 0 atom stereocenters. The number of halogens is 1. The lowest BCUT2D eigenvalue weighted by molar-refractivity contribution is 0.727. The fourth-order valence-electron chi connectivity index (χ4n) is 1.90. The normalized spacial score (nSPS) is 10.9. The van der Waals surface area contributed by atoms with Crippen molar-refractivity contribution >= 4 is 27.7 Å². The summed E-state index contributed by atoms with van der Waals surface area (Å²) in [5, 5.41) is 7.56. The maximum absolute atomic E-state index is 4.41. The first kappa shape index (κ1) is 14.6. The second-order valence-corrected chi connectivity index (χ2v) is 6.27. The fourth-order valence-corrected chi connectivity index (χ4v) is 3.52. The summed E-state index contributed by atoms with van der Waals surface area (Å²) in [5.74, 6) is 0.920. The van der Waals surface area contributed by atoms with Crippen molar-refractivity contribution in [3.05, 3.63) is 45.7 Å². The zero-order valence-electron chi connectivity index (χ0n) is 11.4. The average Bonchev–Trinajstić information content (AvgIpc) is 2.64. The van der Waals surface area contributed by atoms with E-state index in [-0.39, 0.29) is 0 Å². The molecule has 0 amide bonds. The van der Waals surface area contributed by atoms with Gasteiger partial charge in [-0.1, -0.05) is 12.1 Å². The minimum Gasteiger partial charge on any atom is -0.316 e. The maximum atomic E-state index is 4.41. The quantitative estimate of drug-likeness (QED) is 0.845. The van der Waals surface area contributed by atoms with E-state index in [9.17, 15) is 0 Å². The third kappa shape index (κ3) is 3.61. The topological polar surface area (TPSA) is 29.9 Å². The van der Waals surface area contributed by atoms with Gasteiger partial charge in [-0.15, -0.1) is 11.8 Å². The summed E-state index contributed by atoms with van der Waals surface area (Å²) in [6.07, 6.45) is 0. The lowest BCUT2D eigenvalue weighted by Crippen LogP contribution is -2.04. The average molecular weight is 340 g/mol. The van der Waals surface area contributed by atoms with E-state index in [1.54, 1.807) is 0 Å². The molecular formula is C14H18BrN3S. The monoisotopic (exact) mass is 339 g/mol. The first-order valence-corrected chi connectivity index (χ1v) is 7.94. The summed E-state index contributed by atoms with van der Waals surface area (Å²) in [5.41, 5.74) is 3.58. The molecule has 19 heavy (non-hydrogen) atoms. The Hall–Kier alpha value is -0.780. The highest BCUT2D eigenvalue weighted by atomic mass is 79.9. The Morgan fingerprint density at radius 3 is 2.53 bits per heavy atom. The summed E-state index contributed by atoms with van der Waals surface area (Å²) in [6, 6.07) is 8.69. The van der Waals surface area contributed by atoms with Gasteiger partial charge >= 0.3 is 0 Å². The molecule has 1 aromatic heterocycles. The number of nitrogens with zero attached hydrogens (tertiary/aromatic N) is 2. The molecule has 0 saturated heterocycles. The molecule has 102 valence electrons. The number of hydrogen-bond acceptors (Lipinski definition) is 3. The smallest absolute Gasteiger partial charge is 0.0738 e. The van der Waals surface area contributed by atoms with Crippen LogP contribution < -0.4 is 5.32 Å². The molecule has 0 fully saturated rings. The van der Waals surface area contributed by atoms with Gasteiger partial charge in [0.1, 0.15) is 0 Å². The molecule has 0 bridgehead atoms. The van der Waals surface area contributed by atoms with Crippen LogP contribution in [-0.2, 0) is 19.3 Å². The number of thioether (sulfide) groups is 1. The third-order valence-electron chi connectivity index (χ3n) is 2.94. The van der Waals surface area contributed by atoms with Crippen LogP contribution in [0, 0.1) is 6.92 Å². The van der Waals surface area contributed by atoms with Crippen LogP contribution in [0.3, 0.4) is 0 Å². The van der Waals surface area contributed by atoms with E-state index >= 15 is 0 Å². The van der Waals surface area contributed by atoms with E-state index in [1.165, 1.54) is 16.2 Å². The Morgan fingerprint density at radius 1 is 1.32 bits per heavy atom. The van der Waals surface area contributed by atoms with Crippen molar-refractivity contribution in [2.75, 3.05) is 7.05 Å². The van der Waals surface area contributed by atoms with Crippen molar-refractivity contribution in [1.82, 2.24) is 15.1 Å². The van der Waals surface area contributed by atoms with Crippen LogP contribution in [0.4, 0.5) is 0 Å². The van der Waals surface area contributed by atoms with Gasteiger partial charge in [-0.2, -0.15) is 5.10 Å². The van der Waals surface area contributed by atoms with Crippen molar-refractivity contribution < 1.29 is 0 Å². The van der Waals surface area contributed by atoms with E-state index in [2.05, 4.69) is 50.6 Å². The van der Waals surface area contributed by atoms with E-state index in [0.29, 0.717) is 0 Å². The van der Waals surface area contributed by atoms with Gasteiger partial charge in [-0.25, -0.2) is 0 Å². The zero-order chi connectivity index (χ0) is 13.8. The van der Waals surface area contributed by atoms with E-state index in [1.807, 2.05) is 37.5 Å². The molecule has 0 aliphatic heterocycles. The SMILES string of the molecule is CNCc1ccc(SCc2c(Br)c(C)nn2C)cc1. The Bertz CT molecular complexity index is 549. The molecule has 3 nitrogen and oxygen atoms in total. The van der Waals surface area contributed by atoms with Gasteiger partial charge in [0, 0.05) is 24.2 Å². The Labute approximate surface area is 126 Å². The van der Waals surface area contributed by atoms with Crippen molar-refractivity contribution in [1.29, 1.82) is 0 Å². The molecule has 0 aliphatic rings.